The molecule has 2 fully saturated rings. The number of para-hydroxylation sites is 1. The standard InChI is InChI=1S/C19H22N2O4/c22-18(16-11-17(25-20-16)14-7-8-14)21-10-4-9-19(23,12-21)13-24-15-5-2-1-3-6-15/h1-3,5-6,11,14,23H,4,7-10,12-13H2. The molecule has 1 N–H and O–H groups in total. The molecular formula is C19H22N2O4. The molecule has 1 aromatic carbocycles. The van der Waals surface area contributed by atoms with Crippen LogP contribution in [0, 0.1) is 0 Å². The van der Waals surface area contributed by atoms with Gasteiger partial charge in [0, 0.05) is 18.5 Å². The number of aromatic nitrogens is 1. The molecule has 1 aromatic heterocycles. The minimum atomic E-state index is -1.05. The number of β-amino-alcohol motifs (C(OH)–C–C–N with tert-alkyl or cyclic N) is 1. The highest BCUT2D eigenvalue weighted by Crippen LogP contribution is 2.40. The normalized spacial score (nSPS) is 23.5. The summed E-state index contributed by atoms with van der Waals surface area (Å²) in [6, 6.07) is 11.1. The van der Waals surface area contributed by atoms with Gasteiger partial charge in [0.25, 0.3) is 5.91 Å². The number of benzene rings is 1. The highest BCUT2D eigenvalue weighted by Gasteiger charge is 2.37. The monoisotopic (exact) mass is 342 g/mol. The van der Waals surface area contributed by atoms with Gasteiger partial charge in [-0.1, -0.05) is 23.4 Å². The van der Waals surface area contributed by atoms with Crippen molar-refractivity contribution in [3.63, 3.8) is 0 Å². The quantitative estimate of drug-likeness (QED) is 0.904. The molecule has 1 aliphatic heterocycles. The third-order valence-electron chi connectivity index (χ3n) is 4.82. The SMILES string of the molecule is O=C(c1cc(C2CC2)on1)N1CCCC(O)(COc2ccccc2)C1. The first-order chi connectivity index (χ1) is 12.1. The van der Waals surface area contributed by atoms with Crippen molar-refractivity contribution in [2.24, 2.45) is 0 Å². The third kappa shape index (κ3) is 3.69. The van der Waals surface area contributed by atoms with Crippen LogP contribution in [-0.2, 0) is 0 Å². The first kappa shape index (κ1) is 16.1. The molecule has 4 rings (SSSR count). The van der Waals surface area contributed by atoms with Gasteiger partial charge in [-0.15, -0.1) is 0 Å². The maximum atomic E-state index is 12.7. The smallest absolute Gasteiger partial charge is 0.276 e. The Bertz CT molecular complexity index is 741. The second-order valence-corrected chi connectivity index (χ2v) is 7.05. The Hall–Kier alpha value is -2.34. The predicted molar refractivity (Wildman–Crippen MR) is 90.5 cm³/mol. The molecule has 0 spiro atoms. The zero-order chi connectivity index (χ0) is 17.3. The van der Waals surface area contributed by atoms with Gasteiger partial charge >= 0.3 is 0 Å². The van der Waals surface area contributed by atoms with E-state index >= 15 is 0 Å². The lowest BCUT2D eigenvalue weighted by atomic mass is 9.93. The van der Waals surface area contributed by atoms with E-state index in [4.69, 9.17) is 9.26 Å². The van der Waals surface area contributed by atoms with Crippen molar-refractivity contribution >= 4 is 5.91 Å². The van der Waals surface area contributed by atoms with E-state index in [0.29, 0.717) is 30.3 Å². The number of carbonyl (C=O) groups excluding carboxylic acids is 1. The topological polar surface area (TPSA) is 75.8 Å². The lowest BCUT2D eigenvalue weighted by molar-refractivity contribution is -0.0533. The van der Waals surface area contributed by atoms with Crippen LogP contribution < -0.4 is 4.74 Å². The first-order valence-electron chi connectivity index (χ1n) is 8.79. The Kier molecular flexibility index (Phi) is 4.21. The van der Waals surface area contributed by atoms with Crippen molar-refractivity contribution in [3.05, 3.63) is 47.9 Å². The molecule has 1 saturated carbocycles. The maximum Gasteiger partial charge on any atom is 0.276 e. The van der Waals surface area contributed by atoms with Gasteiger partial charge in [-0.25, -0.2) is 0 Å². The van der Waals surface area contributed by atoms with Crippen LogP contribution >= 0.6 is 0 Å². The second-order valence-electron chi connectivity index (χ2n) is 7.05. The zero-order valence-electron chi connectivity index (χ0n) is 14.1. The summed E-state index contributed by atoms with van der Waals surface area (Å²) >= 11 is 0. The molecular weight excluding hydrogens is 320 g/mol. The summed E-state index contributed by atoms with van der Waals surface area (Å²) in [4.78, 5) is 14.3. The van der Waals surface area contributed by atoms with Gasteiger partial charge < -0.3 is 19.3 Å². The molecule has 25 heavy (non-hydrogen) atoms. The summed E-state index contributed by atoms with van der Waals surface area (Å²) in [5, 5.41) is 14.8. The average Bonchev–Trinajstić information content (AvgIpc) is 3.37. The van der Waals surface area contributed by atoms with Crippen LogP contribution in [0.1, 0.15) is 47.8 Å². The molecule has 1 atom stereocenters. The Labute approximate surface area is 146 Å². The molecule has 2 heterocycles. The second kappa shape index (κ2) is 6.52. The lowest BCUT2D eigenvalue weighted by Gasteiger charge is -2.38. The van der Waals surface area contributed by atoms with Crippen molar-refractivity contribution in [2.45, 2.75) is 37.2 Å². The molecule has 2 aromatic rings. The number of likely N-dealkylation sites (tertiary alicyclic amines) is 1. The molecule has 1 unspecified atom stereocenters. The van der Waals surface area contributed by atoms with Crippen LogP contribution in [0.15, 0.2) is 40.9 Å². The molecule has 1 aliphatic carbocycles. The summed E-state index contributed by atoms with van der Waals surface area (Å²) in [7, 11) is 0. The molecule has 0 bridgehead atoms. The predicted octanol–water partition coefficient (Wildman–Crippen LogP) is 2.60. The van der Waals surface area contributed by atoms with Crippen LogP contribution in [0.4, 0.5) is 0 Å². The number of ether oxygens (including phenoxy) is 1. The maximum absolute atomic E-state index is 12.7. The van der Waals surface area contributed by atoms with Crippen LogP contribution in [0.5, 0.6) is 5.75 Å². The van der Waals surface area contributed by atoms with Crippen molar-refractivity contribution in [3.8, 4) is 5.75 Å². The highest BCUT2D eigenvalue weighted by atomic mass is 16.5. The minimum Gasteiger partial charge on any atom is -0.491 e. The van der Waals surface area contributed by atoms with Crippen LogP contribution in [0.25, 0.3) is 0 Å². The van der Waals surface area contributed by atoms with Gasteiger partial charge in [-0.3, -0.25) is 4.79 Å². The van der Waals surface area contributed by atoms with Crippen molar-refractivity contribution in [1.29, 1.82) is 0 Å². The Balaban J connectivity index is 1.39. The number of aliphatic hydroxyl groups is 1. The van der Waals surface area contributed by atoms with E-state index in [1.54, 1.807) is 11.0 Å². The molecule has 132 valence electrons. The van der Waals surface area contributed by atoms with E-state index in [0.717, 1.165) is 25.0 Å². The van der Waals surface area contributed by atoms with Gasteiger partial charge in [0.2, 0.25) is 0 Å². The number of piperidine rings is 1. The summed E-state index contributed by atoms with van der Waals surface area (Å²) in [6.07, 6.45) is 3.54. The lowest BCUT2D eigenvalue weighted by Crippen LogP contribution is -2.53. The van der Waals surface area contributed by atoms with Gasteiger partial charge in [-0.2, -0.15) is 0 Å². The summed E-state index contributed by atoms with van der Waals surface area (Å²) in [6.45, 7) is 1.01. The van der Waals surface area contributed by atoms with Gasteiger partial charge in [0.1, 0.15) is 23.7 Å². The first-order valence-corrected chi connectivity index (χ1v) is 8.79. The number of rotatable bonds is 5. The van der Waals surface area contributed by atoms with Crippen molar-refractivity contribution in [1.82, 2.24) is 10.1 Å². The van der Waals surface area contributed by atoms with E-state index < -0.39 is 5.60 Å². The average molecular weight is 342 g/mol. The molecule has 6 heteroatoms. The fourth-order valence-corrected chi connectivity index (χ4v) is 3.25. The molecule has 6 nitrogen and oxygen atoms in total. The van der Waals surface area contributed by atoms with Crippen LogP contribution in [0.2, 0.25) is 0 Å². The van der Waals surface area contributed by atoms with Crippen LogP contribution in [-0.4, -0.2) is 46.4 Å². The summed E-state index contributed by atoms with van der Waals surface area (Å²) in [5.41, 5.74) is -0.720. The van der Waals surface area contributed by atoms with E-state index in [1.807, 2.05) is 30.3 Å². The summed E-state index contributed by atoms with van der Waals surface area (Å²) in [5.74, 6) is 1.74. The number of hydrogen-bond donors (Lipinski definition) is 1. The largest absolute Gasteiger partial charge is 0.491 e. The van der Waals surface area contributed by atoms with Crippen molar-refractivity contribution in [2.75, 3.05) is 19.7 Å². The van der Waals surface area contributed by atoms with E-state index in [-0.39, 0.29) is 19.1 Å². The van der Waals surface area contributed by atoms with E-state index in [9.17, 15) is 9.90 Å². The Morgan fingerprint density at radius 1 is 1.36 bits per heavy atom. The van der Waals surface area contributed by atoms with E-state index in [2.05, 4.69) is 5.16 Å². The molecule has 2 aliphatic rings. The van der Waals surface area contributed by atoms with Gasteiger partial charge in [-0.05, 0) is 37.8 Å². The number of amides is 1. The third-order valence-corrected chi connectivity index (χ3v) is 4.82. The number of carbonyl (C=O) groups is 1. The molecule has 1 amide bonds. The summed E-state index contributed by atoms with van der Waals surface area (Å²) < 4.78 is 11.0. The van der Waals surface area contributed by atoms with E-state index in [1.165, 1.54) is 0 Å². The van der Waals surface area contributed by atoms with Gasteiger partial charge in [0.05, 0.1) is 6.54 Å². The van der Waals surface area contributed by atoms with Gasteiger partial charge in [0.15, 0.2) is 5.69 Å². The highest BCUT2D eigenvalue weighted by molar-refractivity contribution is 5.92. The Morgan fingerprint density at radius 3 is 2.92 bits per heavy atom. The van der Waals surface area contributed by atoms with Crippen LogP contribution in [0.3, 0.4) is 0 Å². The van der Waals surface area contributed by atoms with Crippen molar-refractivity contribution < 1.29 is 19.2 Å². The number of nitrogens with zero attached hydrogens (tertiary/aromatic N) is 2. The molecule has 0 radical (unpaired) electrons. The fraction of sp³-hybridized carbons (Fsp3) is 0.474. The Morgan fingerprint density at radius 2 is 2.16 bits per heavy atom. The number of hydrogen-bond acceptors (Lipinski definition) is 5. The fourth-order valence-electron chi connectivity index (χ4n) is 3.25. The zero-order valence-corrected chi connectivity index (χ0v) is 14.1. The molecule has 1 saturated heterocycles. The minimum absolute atomic E-state index is 0.160.